The van der Waals surface area contributed by atoms with Gasteiger partial charge in [0.2, 0.25) is 5.95 Å². The molecule has 6 heteroatoms. The summed E-state index contributed by atoms with van der Waals surface area (Å²) in [5.41, 5.74) is 5.69. The fourth-order valence-corrected chi connectivity index (χ4v) is 1.98. The molecule has 94 valence electrons. The highest BCUT2D eigenvalue weighted by molar-refractivity contribution is 5.52. The molecule has 1 aliphatic heterocycles. The Hall–Kier alpha value is -1.56. The summed E-state index contributed by atoms with van der Waals surface area (Å²) in [5.74, 6) is 1.87. The topological polar surface area (TPSA) is 87.3 Å². The van der Waals surface area contributed by atoms with Gasteiger partial charge < -0.3 is 21.1 Å². The second-order valence-electron chi connectivity index (χ2n) is 4.22. The van der Waals surface area contributed by atoms with Crippen molar-refractivity contribution in [2.75, 3.05) is 35.6 Å². The number of rotatable bonds is 3. The Morgan fingerprint density at radius 2 is 2.18 bits per heavy atom. The molecule has 0 aliphatic carbocycles. The van der Waals surface area contributed by atoms with Gasteiger partial charge in [0.25, 0.3) is 0 Å². The number of nitrogen functional groups attached to an aromatic ring is 1. The van der Waals surface area contributed by atoms with Crippen LogP contribution in [0.15, 0.2) is 6.07 Å². The zero-order valence-corrected chi connectivity index (χ0v) is 10.1. The Balaban J connectivity index is 2.14. The van der Waals surface area contributed by atoms with E-state index >= 15 is 0 Å². The van der Waals surface area contributed by atoms with E-state index in [2.05, 4.69) is 20.2 Å². The van der Waals surface area contributed by atoms with Gasteiger partial charge in [-0.2, -0.15) is 9.97 Å². The van der Waals surface area contributed by atoms with Crippen molar-refractivity contribution >= 4 is 17.6 Å². The maximum Gasteiger partial charge on any atom is 0.223 e. The van der Waals surface area contributed by atoms with Gasteiger partial charge >= 0.3 is 0 Å². The van der Waals surface area contributed by atoms with E-state index in [1.54, 1.807) is 0 Å². The zero-order chi connectivity index (χ0) is 12.3. The fraction of sp³-hybridized carbons (Fsp3) is 0.636. The fourth-order valence-electron chi connectivity index (χ4n) is 1.98. The molecule has 0 spiro atoms. The lowest BCUT2D eigenvalue weighted by Gasteiger charge is -2.30. The van der Waals surface area contributed by atoms with E-state index < -0.39 is 0 Å². The average Bonchev–Trinajstić information content (AvgIpc) is 2.29. The van der Waals surface area contributed by atoms with E-state index in [1.165, 1.54) is 0 Å². The number of aliphatic hydroxyl groups excluding tert-OH is 1. The molecule has 1 aromatic rings. The lowest BCUT2D eigenvalue weighted by atomic mass is 10.1. The first-order valence-electron chi connectivity index (χ1n) is 6.00. The third-order valence-electron chi connectivity index (χ3n) is 2.88. The third kappa shape index (κ3) is 2.97. The van der Waals surface area contributed by atoms with Crippen molar-refractivity contribution in [1.82, 2.24) is 9.97 Å². The molecular weight excluding hydrogens is 218 g/mol. The minimum absolute atomic E-state index is 0.182. The van der Waals surface area contributed by atoms with Gasteiger partial charge in [-0.3, -0.25) is 0 Å². The largest absolute Gasteiger partial charge is 0.393 e. The standard InChI is InChI=1S/C11H19N5O/c1-2-13-9-7-10(15-11(12)14-9)16-5-3-8(17)4-6-16/h7-8,17H,2-6H2,1H3,(H3,12,13,14,15). The van der Waals surface area contributed by atoms with E-state index in [4.69, 9.17) is 5.73 Å². The van der Waals surface area contributed by atoms with Crippen molar-refractivity contribution < 1.29 is 5.11 Å². The molecule has 0 bridgehead atoms. The molecule has 6 nitrogen and oxygen atoms in total. The molecule has 2 heterocycles. The summed E-state index contributed by atoms with van der Waals surface area (Å²) in [6.07, 6.45) is 1.37. The molecule has 1 aliphatic rings. The lowest BCUT2D eigenvalue weighted by Crippen LogP contribution is -2.36. The number of nitrogens with two attached hydrogens (primary N) is 1. The number of aromatic nitrogens is 2. The second kappa shape index (κ2) is 5.18. The highest BCUT2D eigenvalue weighted by Gasteiger charge is 2.18. The first-order chi connectivity index (χ1) is 8.19. The average molecular weight is 237 g/mol. The smallest absolute Gasteiger partial charge is 0.223 e. The van der Waals surface area contributed by atoms with E-state index in [-0.39, 0.29) is 12.1 Å². The van der Waals surface area contributed by atoms with Crippen molar-refractivity contribution in [3.05, 3.63) is 6.07 Å². The summed E-state index contributed by atoms with van der Waals surface area (Å²) in [6.45, 7) is 4.43. The summed E-state index contributed by atoms with van der Waals surface area (Å²) in [7, 11) is 0. The molecule has 0 saturated carbocycles. The number of nitrogens with one attached hydrogen (secondary N) is 1. The van der Waals surface area contributed by atoms with Crippen molar-refractivity contribution in [2.24, 2.45) is 0 Å². The molecule has 1 aromatic heterocycles. The normalized spacial score (nSPS) is 17.2. The Bertz CT molecular complexity index is 376. The molecule has 0 unspecified atom stereocenters. The summed E-state index contributed by atoms with van der Waals surface area (Å²) in [5, 5.41) is 12.6. The molecular formula is C11H19N5O. The van der Waals surface area contributed by atoms with Crippen molar-refractivity contribution in [1.29, 1.82) is 0 Å². The summed E-state index contributed by atoms with van der Waals surface area (Å²) < 4.78 is 0. The van der Waals surface area contributed by atoms with Gasteiger partial charge in [0.15, 0.2) is 0 Å². The number of aliphatic hydroxyl groups is 1. The predicted octanol–water partition coefficient (Wildman–Crippen LogP) is 0.452. The van der Waals surface area contributed by atoms with Gasteiger partial charge in [0.05, 0.1) is 6.10 Å². The molecule has 0 radical (unpaired) electrons. The molecule has 0 atom stereocenters. The van der Waals surface area contributed by atoms with Gasteiger partial charge in [0, 0.05) is 25.7 Å². The molecule has 4 N–H and O–H groups in total. The Kier molecular flexibility index (Phi) is 3.63. The second-order valence-corrected chi connectivity index (χ2v) is 4.22. The molecule has 0 aromatic carbocycles. The van der Waals surface area contributed by atoms with Crippen LogP contribution in [0.5, 0.6) is 0 Å². The number of hydrogen-bond acceptors (Lipinski definition) is 6. The van der Waals surface area contributed by atoms with Crippen LogP contribution in [0, 0.1) is 0 Å². The van der Waals surface area contributed by atoms with Crippen LogP contribution in [-0.2, 0) is 0 Å². The lowest BCUT2D eigenvalue weighted by molar-refractivity contribution is 0.145. The van der Waals surface area contributed by atoms with Crippen LogP contribution in [0.4, 0.5) is 17.6 Å². The van der Waals surface area contributed by atoms with Crippen LogP contribution in [0.3, 0.4) is 0 Å². The molecule has 17 heavy (non-hydrogen) atoms. The summed E-state index contributed by atoms with van der Waals surface area (Å²) in [4.78, 5) is 10.5. The summed E-state index contributed by atoms with van der Waals surface area (Å²) >= 11 is 0. The van der Waals surface area contributed by atoms with Crippen molar-refractivity contribution in [2.45, 2.75) is 25.9 Å². The van der Waals surface area contributed by atoms with Crippen LogP contribution in [-0.4, -0.2) is 40.8 Å². The van der Waals surface area contributed by atoms with Crippen molar-refractivity contribution in [3.63, 3.8) is 0 Å². The molecule has 1 fully saturated rings. The van der Waals surface area contributed by atoms with Crippen molar-refractivity contribution in [3.8, 4) is 0 Å². The highest BCUT2D eigenvalue weighted by atomic mass is 16.3. The van der Waals surface area contributed by atoms with Crippen LogP contribution in [0.25, 0.3) is 0 Å². The first kappa shape index (κ1) is 11.9. The SMILES string of the molecule is CCNc1cc(N2CCC(O)CC2)nc(N)n1. The zero-order valence-electron chi connectivity index (χ0n) is 10.1. The Labute approximate surface area is 101 Å². The van der Waals surface area contributed by atoms with Crippen LogP contribution < -0.4 is 16.0 Å². The van der Waals surface area contributed by atoms with Crippen LogP contribution in [0.1, 0.15) is 19.8 Å². The minimum Gasteiger partial charge on any atom is -0.393 e. The van der Waals surface area contributed by atoms with Gasteiger partial charge in [-0.15, -0.1) is 0 Å². The molecule has 0 amide bonds. The number of nitrogens with zero attached hydrogens (tertiary/aromatic N) is 3. The molecule has 2 rings (SSSR count). The van der Waals surface area contributed by atoms with E-state index in [1.807, 2.05) is 13.0 Å². The van der Waals surface area contributed by atoms with Crippen LogP contribution in [0.2, 0.25) is 0 Å². The number of anilines is 3. The highest BCUT2D eigenvalue weighted by Crippen LogP contribution is 2.21. The Morgan fingerprint density at radius 1 is 1.47 bits per heavy atom. The van der Waals surface area contributed by atoms with E-state index in [9.17, 15) is 5.11 Å². The first-order valence-corrected chi connectivity index (χ1v) is 6.00. The molecule has 1 saturated heterocycles. The van der Waals surface area contributed by atoms with Gasteiger partial charge in [0.1, 0.15) is 11.6 Å². The summed E-state index contributed by atoms with van der Waals surface area (Å²) in [6, 6.07) is 1.90. The maximum absolute atomic E-state index is 9.47. The van der Waals surface area contributed by atoms with Gasteiger partial charge in [-0.05, 0) is 19.8 Å². The van der Waals surface area contributed by atoms with Gasteiger partial charge in [-0.1, -0.05) is 0 Å². The van der Waals surface area contributed by atoms with E-state index in [0.29, 0.717) is 0 Å². The predicted molar refractivity (Wildman–Crippen MR) is 68.1 cm³/mol. The van der Waals surface area contributed by atoms with E-state index in [0.717, 1.165) is 44.1 Å². The third-order valence-corrected chi connectivity index (χ3v) is 2.88. The quantitative estimate of drug-likeness (QED) is 0.707. The monoisotopic (exact) mass is 237 g/mol. The van der Waals surface area contributed by atoms with Crippen LogP contribution >= 0.6 is 0 Å². The van der Waals surface area contributed by atoms with Gasteiger partial charge in [-0.25, -0.2) is 0 Å². The Morgan fingerprint density at radius 3 is 2.82 bits per heavy atom. The number of hydrogen-bond donors (Lipinski definition) is 3. The maximum atomic E-state index is 9.47. The number of piperidine rings is 1. The minimum atomic E-state index is -0.182.